The van der Waals surface area contributed by atoms with Crippen molar-refractivity contribution in [2.45, 2.75) is 44.9 Å². The summed E-state index contributed by atoms with van der Waals surface area (Å²) in [7, 11) is -3.06. The molecule has 21 heavy (non-hydrogen) atoms. The number of amides is 1. The van der Waals surface area contributed by atoms with Crippen LogP contribution >= 0.6 is 0 Å². The van der Waals surface area contributed by atoms with E-state index in [2.05, 4.69) is 4.90 Å². The predicted octanol–water partition coefficient (Wildman–Crippen LogP) is 1.45. The van der Waals surface area contributed by atoms with E-state index in [1.165, 1.54) is 19.1 Å². The lowest BCUT2D eigenvalue weighted by molar-refractivity contribution is -0.130. The minimum absolute atomic E-state index is 0.190. The Bertz CT molecular complexity index is 505. The van der Waals surface area contributed by atoms with Gasteiger partial charge in [-0.1, -0.05) is 0 Å². The van der Waals surface area contributed by atoms with E-state index in [9.17, 15) is 13.2 Å². The largest absolute Gasteiger partial charge is 0.342 e. The lowest BCUT2D eigenvalue weighted by Gasteiger charge is -2.40. The highest BCUT2D eigenvalue weighted by molar-refractivity contribution is 7.88. The fourth-order valence-corrected chi connectivity index (χ4v) is 4.60. The summed E-state index contributed by atoms with van der Waals surface area (Å²) in [4.78, 5) is 14.3. The summed E-state index contributed by atoms with van der Waals surface area (Å²) in [6.45, 7) is 3.06. The molecular weight excluding hydrogens is 288 g/mol. The maximum atomic E-state index is 12.2. The van der Waals surface area contributed by atoms with Gasteiger partial charge in [-0.25, -0.2) is 12.7 Å². The maximum absolute atomic E-state index is 12.2. The molecule has 0 aromatic heterocycles. The van der Waals surface area contributed by atoms with Crippen molar-refractivity contribution in [1.29, 1.82) is 0 Å². The third-order valence-corrected chi connectivity index (χ3v) is 6.86. The number of nitrogens with zero attached hydrogens (tertiary/aromatic N) is 2. The van der Waals surface area contributed by atoms with Crippen LogP contribution in [0.15, 0.2) is 0 Å². The summed E-state index contributed by atoms with van der Waals surface area (Å²) in [5, 5.41) is 0. The Hall–Kier alpha value is -0.620. The van der Waals surface area contributed by atoms with Gasteiger partial charge >= 0.3 is 0 Å². The summed E-state index contributed by atoms with van der Waals surface area (Å²) in [6, 6.07) is 0. The van der Waals surface area contributed by atoms with Gasteiger partial charge in [-0.05, 0) is 49.9 Å². The number of carbonyl (C=O) groups is 1. The van der Waals surface area contributed by atoms with E-state index in [1.54, 1.807) is 4.31 Å². The van der Waals surface area contributed by atoms with E-state index >= 15 is 0 Å². The quantitative estimate of drug-likeness (QED) is 0.792. The molecular formula is C15H26N2O3S. The molecule has 3 rings (SSSR count). The fraction of sp³-hybridized carbons (Fsp3) is 0.933. The summed E-state index contributed by atoms with van der Waals surface area (Å²) < 4.78 is 24.8. The van der Waals surface area contributed by atoms with Gasteiger partial charge in [0.1, 0.15) is 0 Å². The SMILES string of the molecule is CS(=O)(=O)N1CCC2(CCC(=O)N(CC3CC3)CC2)CC1. The third-order valence-electron chi connectivity index (χ3n) is 5.56. The van der Waals surface area contributed by atoms with E-state index < -0.39 is 10.0 Å². The smallest absolute Gasteiger partial charge is 0.222 e. The summed E-state index contributed by atoms with van der Waals surface area (Å²) in [5.41, 5.74) is 0.190. The molecule has 2 heterocycles. The van der Waals surface area contributed by atoms with Gasteiger partial charge in [-0.2, -0.15) is 0 Å². The molecule has 0 unspecified atom stereocenters. The van der Waals surface area contributed by atoms with E-state index in [0.29, 0.717) is 25.4 Å². The normalized spacial score (nSPS) is 27.9. The molecule has 0 atom stereocenters. The molecule has 2 aliphatic heterocycles. The molecule has 3 aliphatic rings. The molecule has 0 radical (unpaired) electrons. The highest BCUT2D eigenvalue weighted by atomic mass is 32.2. The van der Waals surface area contributed by atoms with Crippen LogP contribution in [0.2, 0.25) is 0 Å². The van der Waals surface area contributed by atoms with Gasteiger partial charge in [0.2, 0.25) is 15.9 Å². The van der Waals surface area contributed by atoms with Gasteiger partial charge in [0.05, 0.1) is 6.26 Å². The number of likely N-dealkylation sites (tertiary alicyclic amines) is 1. The van der Waals surface area contributed by atoms with Crippen LogP contribution in [0.4, 0.5) is 0 Å². The van der Waals surface area contributed by atoms with E-state index in [1.807, 2.05) is 0 Å². The second-order valence-electron chi connectivity index (χ2n) is 7.20. The zero-order valence-electron chi connectivity index (χ0n) is 12.9. The second kappa shape index (κ2) is 5.54. The fourth-order valence-electron chi connectivity index (χ4n) is 3.75. The average Bonchev–Trinajstić information content (AvgIpc) is 3.24. The molecule has 1 saturated carbocycles. The molecule has 1 aliphatic carbocycles. The van der Waals surface area contributed by atoms with Gasteiger partial charge in [-0.15, -0.1) is 0 Å². The monoisotopic (exact) mass is 314 g/mol. The Balaban J connectivity index is 1.60. The molecule has 0 aromatic rings. The first-order chi connectivity index (χ1) is 9.88. The second-order valence-corrected chi connectivity index (χ2v) is 9.18. The van der Waals surface area contributed by atoms with E-state index in [-0.39, 0.29) is 5.41 Å². The van der Waals surface area contributed by atoms with Crippen LogP contribution in [0.5, 0.6) is 0 Å². The zero-order chi connectivity index (χ0) is 15.1. The number of piperidine rings is 1. The maximum Gasteiger partial charge on any atom is 0.222 e. The van der Waals surface area contributed by atoms with Crippen LogP contribution in [0.1, 0.15) is 44.9 Å². The first kappa shape index (κ1) is 15.3. The van der Waals surface area contributed by atoms with Crippen molar-refractivity contribution >= 4 is 15.9 Å². The van der Waals surface area contributed by atoms with Crippen LogP contribution in [0, 0.1) is 11.3 Å². The highest BCUT2D eigenvalue weighted by Crippen LogP contribution is 2.42. The van der Waals surface area contributed by atoms with Crippen LogP contribution in [-0.4, -0.2) is 56.0 Å². The van der Waals surface area contributed by atoms with Crippen molar-refractivity contribution in [3.63, 3.8) is 0 Å². The molecule has 3 fully saturated rings. The third kappa shape index (κ3) is 3.59. The van der Waals surface area contributed by atoms with Crippen LogP contribution in [0.3, 0.4) is 0 Å². The number of sulfonamides is 1. The number of rotatable bonds is 3. The topological polar surface area (TPSA) is 57.7 Å². The molecule has 0 bridgehead atoms. The molecule has 2 saturated heterocycles. The van der Waals surface area contributed by atoms with Crippen LogP contribution in [0.25, 0.3) is 0 Å². The highest BCUT2D eigenvalue weighted by Gasteiger charge is 2.40. The number of carbonyl (C=O) groups excluding carboxylic acids is 1. The van der Waals surface area contributed by atoms with E-state index in [0.717, 1.165) is 44.7 Å². The van der Waals surface area contributed by atoms with Gasteiger partial charge in [0.15, 0.2) is 0 Å². The average molecular weight is 314 g/mol. The molecule has 120 valence electrons. The summed E-state index contributed by atoms with van der Waals surface area (Å²) in [5.74, 6) is 1.05. The van der Waals surface area contributed by atoms with Crippen LogP contribution in [-0.2, 0) is 14.8 Å². The standard InChI is InChI=1S/C15H26N2O3S/c1-21(19,20)17-10-7-15(8-11-17)5-4-14(18)16(9-6-15)12-13-2-3-13/h13H,2-12H2,1H3. The summed E-state index contributed by atoms with van der Waals surface area (Å²) >= 11 is 0. The van der Waals surface area contributed by atoms with Gasteiger partial charge in [0.25, 0.3) is 0 Å². The Labute approximate surface area is 127 Å². The number of hydrogen-bond acceptors (Lipinski definition) is 3. The van der Waals surface area contributed by atoms with Crippen molar-refractivity contribution in [3.05, 3.63) is 0 Å². The van der Waals surface area contributed by atoms with Crippen molar-refractivity contribution in [2.75, 3.05) is 32.4 Å². The van der Waals surface area contributed by atoms with E-state index in [4.69, 9.17) is 0 Å². The lowest BCUT2D eigenvalue weighted by Crippen LogP contribution is -2.43. The van der Waals surface area contributed by atoms with Gasteiger partial charge in [0, 0.05) is 32.6 Å². The molecule has 1 spiro atoms. The predicted molar refractivity (Wildman–Crippen MR) is 81.2 cm³/mol. The van der Waals surface area contributed by atoms with Crippen molar-refractivity contribution in [1.82, 2.24) is 9.21 Å². The molecule has 0 aromatic carbocycles. The molecule has 6 heteroatoms. The minimum atomic E-state index is -3.06. The Morgan fingerprint density at radius 2 is 1.71 bits per heavy atom. The Morgan fingerprint density at radius 1 is 1.10 bits per heavy atom. The van der Waals surface area contributed by atoms with Crippen molar-refractivity contribution < 1.29 is 13.2 Å². The van der Waals surface area contributed by atoms with Crippen molar-refractivity contribution in [3.8, 4) is 0 Å². The zero-order valence-corrected chi connectivity index (χ0v) is 13.7. The van der Waals surface area contributed by atoms with Gasteiger partial charge < -0.3 is 4.90 Å². The molecule has 0 N–H and O–H groups in total. The van der Waals surface area contributed by atoms with Crippen LogP contribution < -0.4 is 0 Å². The van der Waals surface area contributed by atoms with Crippen molar-refractivity contribution in [2.24, 2.45) is 11.3 Å². The Morgan fingerprint density at radius 3 is 2.29 bits per heavy atom. The summed E-state index contributed by atoms with van der Waals surface area (Å²) in [6.07, 6.45) is 8.28. The first-order valence-electron chi connectivity index (χ1n) is 8.11. The number of hydrogen-bond donors (Lipinski definition) is 0. The lowest BCUT2D eigenvalue weighted by atomic mass is 9.73. The Kier molecular flexibility index (Phi) is 4.03. The van der Waals surface area contributed by atoms with Gasteiger partial charge in [-0.3, -0.25) is 4.79 Å². The molecule has 1 amide bonds. The molecule has 5 nitrogen and oxygen atoms in total. The first-order valence-corrected chi connectivity index (χ1v) is 9.96. The minimum Gasteiger partial charge on any atom is -0.342 e.